The lowest BCUT2D eigenvalue weighted by Gasteiger charge is -2.14. The number of urea groups is 1. The number of imide groups is 2. The highest BCUT2D eigenvalue weighted by atomic mass is 35.5. The number of amides is 5. The van der Waals surface area contributed by atoms with Gasteiger partial charge in [0.2, 0.25) is 5.91 Å². The summed E-state index contributed by atoms with van der Waals surface area (Å²) in [6.07, 6.45) is 0. The summed E-state index contributed by atoms with van der Waals surface area (Å²) in [4.78, 5) is 50.6. The Morgan fingerprint density at radius 3 is 2.36 bits per heavy atom. The number of anilines is 1. The summed E-state index contributed by atoms with van der Waals surface area (Å²) >= 11 is 7.13. The van der Waals surface area contributed by atoms with Crippen LogP contribution in [0.3, 0.4) is 0 Å². The molecule has 0 radical (unpaired) electrons. The van der Waals surface area contributed by atoms with E-state index in [0.717, 1.165) is 9.78 Å². The highest BCUT2D eigenvalue weighted by molar-refractivity contribution is 7.09. The zero-order valence-corrected chi connectivity index (χ0v) is 14.3. The van der Waals surface area contributed by atoms with E-state index < -0.39 is 30.3 Å². The van der Waals surface area contributed by atoms with E-state index in [4.69, 9.17) is 11.6 Å². The van der Waals surface area contributed by atoms with Crippen molar-refractivity contribution in [2.45, 2.75) is 6.54 Å². The summed E-state index contributed by atoms with van der Waals surface area (Å²) in [5.41, 5.74) is 0.468. The highest BCUT2D eigenvalue weighted by Crippen LogP contribution is 2.19. The molecule has 128 valence electrons. The summed E-state index contributed by atoms with van der Waals surface area (Å²) < 4.78 is 0. The molecule has 1 aromatic heterocycles. The van der Waals surface area contributed by atoms with E-state index in [-0.39, 0.29) is 6.54 Å². The van der Waals surface area contributed by atoms with E-state index in [2.05, 4.69) is 5.32 Å². The smallest absolute Gasteiger partial charge is 0.325 e. The van der Waals surface area contributed by atoms with Gasteiger partial charge in [-0.15, -0.1) is 11.3 Å². The fraction of sp³-hybridized carbons (Fsp3) is 0.125. The zero-order chi connectivity index (χ0) is 18.0. The zero-order valence-electron chi connectivity index (χ0n) is 12.8. The Hall–Kier alpha value is -2.71. The Kier molecular flexibility index (Phi) is 4.82. The first kappa shape index (κ1) is 17.1. The van der Waals surface area contributed by atoms with Crippen LogP contribution in [-0.2, 0) is 20.9 Å². The van der Waals surface area contributed by atoms with Crippen molar-refractivity contribution in [2.75, 3.05) is 11.9 Å². The van der Waals surface area contributed by atoms with E-state index in [0.29, 0.717) is 15.6 Å². The van der Waals surface area contributed by atoms with E-state index in [1.54, 1.807) is 41.8 Å². The molecule has 9 heteroatoms. The van der Waals surface area contributed by atoms with Crippen LogP contribution in [0.1, 0.15) is 4.88 Å². The van der Waals surface area contributed by atoms with Gasteiger partial charge in [0, 0.05) is 15.6 Å². The second-order valence-corrected chi connectivity index (χ2v) is 6.67. The molecule has 1 aliphatic heterocycles. The van der Waals surface area contributed by atoms with E-state index in [1.807, 2.05) is 0 Å². The molecule has 1 aromatic carbocycles. The molecule has 1 aliphatic rings. The third kappa shape index (κ3) is 3.70. The maximum atomic E-state index is 12.3. The van der Waals surface area contributed by atoms with Crippen molar-refractivity contribution in [3.05, 3.63) is 51.7 Å². The number of carbonyl (C=O) groups is 4. The van der Waals surface area contributed by atoms with Crippen molar-refractivity contribution in [1.29, 1.82) is 0 Å². The van der Waals surface area contributed by atoms with E-state index in [1.165, 1.54) is 11.3 Å². The first-order valence-electron chi connectivity index (χ1n) is 7.21. The number of thiophene rings is 1. The molecule has 1 fully saturated rings. The topological polar surface area (TPSA) is 86.8 Å². The lowest BCUT2D eigenvalue weighted by molar-refractivity contribution is -0.143. The van der Waals surface area contributed by atoms with Gasteiger partial charge in [-0.1, -0.05) is 17.7 Å². The summed E-state index contributed by atoms with van der Waals surface area (Å²) in [5.74, 6) is -2.53. The van der Waals surface area contributed by atoms with Gasteiger partial charge < -0.3 is 5.32 Å². The SMILES string of the molecule is O=C(CN1C(=O)C(=O)N(Cc2cccs2)C1=O)Nc1ccc(Cl)cc1. The predicted molar refractivity (Wildman–Crippen MR) is 92.1 cm³/mol. The van der Waals surface area contributed by atoms with Crippen LogP contribution in [0.25, 0.3) is 0 Å². The molecule has 2 aromatic rings. The summed E-state index contributed by atoms with van der Waals surface area (Å²) in [6, 6.07) is 9.10. The van der Waals surface area contributed by atoms with Gasteiger partial charge in [0.15, 0.2) is 0 Å². The van der Waals surface area contributed by atoms with Crippen LogP contribution in [0.15, 0.2) is 41.8 Å². The van der Waals surface area contributed by atoms with Crippen LogP contribution in [0.4, 0.5) is 10.5 Å². The Morgan fingerprint density at radius 1 is 1.04 bits per heavy atom. The number of halogens is 1. The minimum Gasteiger partial charge on any atom is -0.325 e. The lowest BCUT2D eigenvalue weighted by Crippen LogP contribution is -2.38. The number of hydrogen-bond donors (Lipinski definition) is 1. The second-order valence-electron chi connectivity index (χ2n) is 5.20. The molecule has 3 rings (SSSR count). The number of nitrogens with one attached hydrogen (secondary N) is 1. The molecule has 0 saturated carbocycles. The van der Waals surface area contributed by atoms with Crippen LogP contribution >= 0.6 is 22.9 Å². The standard InChI is InChI=1S/C16H12ClN3O4S/c17-10-3-5-11(6-4-10)18-13(21)9-20-15(23)14(22)19(16(20)24)8-12-2-1-7-25-12/h1-7H,8-9H2,(H,18,21). The molecule has 0 bridgehead atoms. The number of carbonyl (C=O) groups excluding carboxylic acids is 4. The lowest BCUT2D eigenvalue weighted by atomic mass is 10.3. The molecule has 0 unspecified atom stereocenters. The second kappa shape index (κ2) is 7.04. The Labute approximate surface area is 151 Å². The van der Waals surface area contributed by atoms with Gasteiger partial charge in [0.25, 0.3) is 0 Å². The van der Waals surface area contributed by atoms with Gasteiger partial charge in [0.1, 0.15) is 6.54 Å². The minimum atomic E-state index is -1.01. The van der Waals surface area contributed by atoms with Crippen LogP contribution in [0.2, 0.25) is 5.02 Å². The van der Waals surface area contributed by atoms with Crippen molar-refractivity contribution in [3.63, 3.8) is 0 Å². The van der Waals surface area contributed by atoms with Gasteiger partial charge in [0.05, 0.1) is 6.54 Å². The molecule has 7 nitrogen and oxygen atoms in total. The minimum absolute atomic E-state index is 0.0103. The number of nitrogens with zero attached hydrogens (tertiary/aromatic N) is 2. The van der Waals surface area contributed by atoms with Crippen molar-refractivity contribution in [1.82, 2.24) is 9.80 Å². The first-order chi connectivity index (χ1) is 12.0. The number of hydrogen-bond acceptors (Lipinski definition) is 5. The molecule has 0 spiro atoms. The van der Waals surface area contributed by atoms with Gasteiger partial charge in [-0.3, -0.25) is 19.3 Å². The Balaban J connectivity index is 1.66. The van der Waals surface area contributed by atoms with Crippen molar-refractivity contribution in [2.24, 2.45) is 0 Å². The third-order valence-corrected chi connectivity index (χ3v) is 4.57. The summed E-state index contributed by atoms with van der Waals surface area (Å²) in [6.45, 7) is -0.524. The van der Waals surface area contributed by atoms with Crippen LogP contribution in [-0.4, -0.2) is 40.1 Å². The van der Waals surface area contributed by atoms with Crippen LogP contribution < -0.4 is 5.32 Å². The maximum Gasteiger partial charge on any atom is 0.335 e. The molecule has 0 aliphatic carbocycles. The summed E-state index contributed by atoms with van der Waals surface area (Å²) in [5, 5.41) is 4.86. The molecule has 1 N–H and O–H groups in total. The fourth-order valence-corrected chi connectivity index (χ4v) is 3.08. The van der Waals surface area contributed by atoms with E-state index in [9.17, 15) is 19.2 Å². The Bertz CT molecular complexity index is 836. The maximum absolute atomic E-state index is 12.3. The van der Waals surface area contributed by atoms with E-state index >= 15 is 0 Å². The molecule has 2 heterocycles. The monoisotopic (exact) mass is 377 g/mol. The molecule has 1 saturated heterocycles. The fourth-order valence-electron chi connectivity index (χ4n) is 2.26. The van der Waals surface area contributed by atoms with Crippen LogP contribution in [0, 0.1) is 0 Å². The summed E-state index contributed by atoms with van der Waals surface area (Å²) in [7, 11) is 0. The molecular weight excluding hydrogens is 366 g/mol. The van der Waals surface area contributed by atoms with Gasteiger partial charge >= 0.3 is 17.8 Å². The molecule has 5 amide bonds. The first-order valence-corrected chi connectivity index (χ1v) is 8.46. The molecule has 25 heavy (non-hydrogen) atoms. The van der Waals surface area contributed by atoms with Gasteiger partial charge in [-0.2, -0.15) is 0 Å². The normalized spacial score (nSPS) is 14.4. The average Bonchev–Trinajstić information content (AvgIpc) is 3.16. The molecular formula is C16H12ClN3O4S. The quantitative estimate of drug-likeness (QED) is 0.640. The predicted octanol–water partition coefficient (Wildman–Crippen LogP) is 2.33. The number of benzene rings is 1. The third-order valence-electron chi connectivity index (χ3n) is 3.46. The van der Waals surface area contributed by atoms with Gasteiger partial charge in [-0.05, 0) is 35.7 Å². The largest absolute Gasteiger partial charge is 0.335 e. The number of rotatable bonds is 5. The average molecular weight is 378 g/mol. The van der Waals surface area contributed by atoms with Crippen LogP contribution in [0.5, 0.6) is 0 Å². The van der Waals surface area contributed by atoms with Crippen molar-refractivity contribution in [3.8, 4) is 0 Å². The Morgan fingerprint density at radius 2 is 1.72 bits per heavy atom. The highest BCUT2D eigenvalue weighted by Gasteiger charge is 2.45. The molecule has 0 atom stereocenters. The van der Waals surface area contributed by atoms with Crippen molar-refractivity contribution >= 4 is 52.4 Å². The van der Waals surface area contributed by atoms with Gasteiger partial charge in [-0.25, -0.2) is 9.69 Å². The van der Waals surface area contributed by atoms with Crippen molar-refractivity contribution < 1.29 is 19.2 Å².